The Hall–Kier alpha value is -2.63. The summed E-state index contributed by atoms with van der Waals surface area (Å²) in [5, 5.41) is 0. The van der Waals surface area contributed by atoms with Gasteiger partial charge >= 0.3 is 17.9 Å². The van der Waals surface area contributed by atoms with Crippen molar-refractivity contribution in [3.63, 3.8) is 0 Å². The van der Waals surface area contributed by atoms with Crippen molar-refractivity contribution in [3.05, 3.63) is 48.6 Å². The van der Waals surface area contributed by atoms with E-state index in [9.17, 15) is 14.4 Å². The van der Waals surface area contributed by atoms with E-state index in [1.807, 2.05) is 0 Å². The second-order valence-corrected chi connectivity index (χ2v) is 22.0. The summed E-state index contributed by atoms with van der Waals surface area (Å²) in [5.41, 5.74) is 0. The van der Waals surface area contributed by atoms with E-state index >= 15 is 0 Å². The summed E-state index contributed by atoms with van der Waals surface area (Å²) in [5.74, 6) is -0.872. The SMILES string of the molecule is CCCC/C=C\CCCCCCCC(=O)OCC(COC(=O)CCCCCCCCCC/C=C\C/C=C\C/C=C\CCCCCCC)OC(=O)CCCCCCCCCCCCCCCCCCCCCCCC. The number of esters is 3. The lowest BCUT2D eigenvalue weighted by atomic mass is 10.0. The molecule has 0 amide bonds. The van der Waals surface area contributed by atoms with Gasteiger partial charge in [-0.05, 0) is 77.0 Å². The summed E-state index contributed by atoms with van der Waals surface area (Å²) < 4.78 is 16.9. The van der Waals surface area contributed by atoms with Crippen molar-refractivity contribution in [1.82, 2.24) is 0 Å². The van der Waals surface area contributed by atoms with E-state index in [0.29, 0.717) is 19.3 Å². The van der Waals surface area contributed by atoms with Gasteiger partial charge in [-0.3, -0.25) is 14.4 Å². The number of allylic oxidation sites excluding steroid dienone is 8. The number of rotatable bonds is 60. The maximum absolute atomic E-state index is 12.9. The number of hydrogen-bond acceptors (Lipinski definition) is 6. The Morgan fingerprint density at radius 3 is 0.811 bits per heavy atom. The molecule has 0 aromatic carbocycles. The van der Waals surface area contributed by atoms with Crippen molar-refractivity contribution < 1.29 is 28.6 Å². The first kappa shape index (κ1) is 71.4. The molecule has 0 aromatic heterocycles. The lowest BCUT2D eigenvalue weighted by Gasteiger charge is -2.18. The molecule has 0 heterocycles. The van der Waals surface area contributed by atoms with Crippen LogP contribution in [0.1, 0.15) is 348 Å². The molecule has 0 aromatic rings. The van der Waals surface area contributed by atoms with Crippen molar-refractivity contribution in [3.8, 4) is 0 Å². The fourth-order valence-corrected chi connectivity index (χ4v) is 9.61. The van der Waals surface area contributed by atoms with Crippen molar-refractivity contribution in [1.29, 1.82) is 0 Å². The van der Waals surface area contributed by atoms with Crippen LogP contribution in [0.25, 0.3) is 0 Å². The molecule has 0 rings (SSSR count). The van der Waals surface area contributed by atoms with E-state index < -0.39 is 6.10 Å². The van der Waals surface area contributed by atoms with Crippen LogP contribution in [-0.4, -0.2) is 37.2 Å². The molecule has 0 aliphatic heterocycles. The van der Waals surface area contributed by atoms with Crippen molar-refractivity contribution >= 4 is 17.9 Å². The van der Waals surface area contributed by atoms with E-state index in [1.54, 1.807) is 0 Å². The molecule has 432 valence electrons. The maximum Gasteiger partial charge on any atom is 0.306 e. The molecule has 74 heavy (non-hydrogen) atoms. The van der Waals surface area contributed by atoms with E-state index in [1.165, 1.54) is 225 Å². The van der Waals surface area contributed by atoms with E-state index in [4.69, 9.17) is 14.2 Å². The van der Waals surface area contributed by atoms with E-state index in [0.717, 1.165) is 83.5 Å². The van der Waals surface area contributed by atoms with Crippen LogP contribution in [0.15, 0.2) is 48.6 Å². The molecule has 0 bridgehead atoms. The monoisotopic (exact) mass is 1040 g/mol. The first-order valence-electron chi connectivity index (χ1n) is 32.6. The third-order valence-electron chi connectivity index (χ3n) is 14.6. The average Bonchev–Trinajstić information content (AvgIpc) is 3.40. The van der Waals surface area contributed by atoms with E-state index in [-0.39, 0.29) is 31.1 Å². The van der Waals surface area contributed by atoms with Gasteiger partial charge in [0.25, 0.3) is 0 Å². The molecular formula is C68H124O6. The van der Waals surface area contributed by atoms with Gasteiger partial charge in [-0.1, -0.05) is 301 Å². The van der Waals surface area contributed by atoms with Crippen LogP contribution in [0.3, 0.4) is 0 Å². The lowest BCUT2D eigenvalue weighted by Crippen LogP contribution is -2.30. The summed E-state index contributed by atoms with van der Waals surface area (Å²) in [6.45, 7) is 6.63. The number of carbonyl (C=O) groups is 3. The number of hydrogen-bond donors (Lipinski definition) is 0. The Labute approximate surface area is 460 Å². The highest BCUT2D eigenvalue weighted by Gasteiger charge is 2.19. The second-order valence-electron chi connectivity index (χ2n) is 22.0. The fraction of sp³-hybridized carbons (Fsp3) is 0.838. The van der Waals surface area contributed by atoms with Crippen LogP contribution < -0.4 is 0 Å². The molecule has 0 radical (unpaired) electrons. The van der Waals surface area contributed by atoms with Gasteiger partial charge in [0.05, 0.1) is 0 Å². The summed E-state index contributed by atoms with van der Waals surface area (Å²) >= 11 is 0. The molecule has 0 N–H and O–H groups in total. The minimum absolute atomic E-state index is 0.0764. The Morgan fingerprint density at radius 1 is 0.270 bits per heavy atom. The topological polar surface area (TPSA) is 78.9 Å². The van der Waals surface area contributed by atoms with Crippen LogP contribution >= 0.6 is 0 Å². The lowest BCUT2D eigenvalue weighted by molar-refractivity contribution is -0.167. The average molecular weight is 1040 g/mol. The van der Waals surface area contributed by atoms with Crippen molar-refractivity contribution in [2.24, 2.45) is 0 Å². The summed E-state index contributed by atoms with van der Waals surface area (Å²) in [6.07, 6.45) is 78.4. The first-order chi connectivity index (χ1) is 36.5. The highest BCUT2D eigenvalue weighted by atomic mass is 16.6. The van der Waals surface area contributed by atoms with Crippen LogP contribution in [0, 0.1) is 0 Å². The van der Waals surface area contributed by atoms with Gasteiger partial charge in [-0.25, -0.2) is 0 Å². The van der Waals surface area contributed by atoms with Gasteiger partial charge in [0.1, 0.15) is 13.2 Å². The smallest absolute Gasteiger partial charge is 0.306 e. The van der Waals surface area contributed by atoms with E-state index in [2.05, 4.69) is 69.4 Å². The third kappa shape index (κ3) is 60.2. The highest BCUT2D eigenvalue weighted by Crippen LogP contribution is 2.17. The van der Waals surface area contributed by atoms with Crippen LogP contribution in [0.4, 0.5) is 0 Å². The maximum atomic E-state index is 12.9. The zero-order valence-electron chi connectivity index (χ0n) is 49.6. The molecule has 0 spiro atoms. The molecule has 0 saturated carbocycles. The predicted octanol–water partition coefficient (Wildman–Crippen LogP) is 22.2. The number of carbonyl (C=O) groups excluding carboxylic acids is 3. The minimum atomic E-state index is -0.778. The Kier molecular flexibility index (Phi) is 60.7. The minimum Gasteiger partial charge on any atom is -0.462 e. The largest absolute Gasteiger partial charge is 0.462 e. The van der Waals surface area contributed by atoms with Crippen LogP contribution in [0.2, 0.25) is 0 Å². The van der Waals surface area contributed by atoms with Gasteiger partial charge in [-0.15, -0.1) is 0 Å². The van der Waals surface area contributed by atoms with Gasteiger partial charge < -0.3 is 14.2 Å². The standard InChI is InChI=1S/C68H124O6/c1-4-7-10-13-16-19-22-24-26-28-30-32-34-36-37-39-41-43-46-49-52-55-58-61-67(70)73-64-65(63-72-66(69)60-57-54-51-48-45-21-18-15-12-9-6-3)74-68(71)62-59-56-53-50-47-44-42-40-38-35-33-31-29-27-25-23-20-17-14-11-8-5-2/h15,18,22,24,28,30,34,36,65H,4-14,16-17,19-21,23,25-27,29,31-33,35,37-64H2,1-3H3/b18-15-,24-22-,30-28-,36-34-. The van der Waals surface area contributed by atoms with Crippen LogP contribution in [-0.2, 0) is 28.6 Å². The van der Waals surface area contributed by atoms with Crippen LogP contribution in [0.5, 0.6) is 0 Å². The summed E-state index contributed by atoms with van der Waals surface area (Å²) in [6, 6.07) is 0. The van der Waals surface area contributed by atoms with Crippen molar-refractivity contribution in [2.75, 3.05) is 13.2 Å². The molecular weight excluding hydrogens is 913 g/mol. The normalized spacial score (nSPS) is 12.3. The van der Waals surface area contributed by atoms with Gasteiger partial charge in [0, 0.05) is 19.3 Å². The highest BCUT2D eigenvalue weighted by molar-refractivity contribution is 5.71. The molecule has 6 heteroatoms. The third-order valence-corrected chi connectivity index (χ3v) is 14.6. The Balaban J connectivity index is 4.25. The first-order valence-corrected chi connectivity index (χ1v) is 32.6. The molecule has 6 nitrogen and oxygen atoms in total. The Morgan fingerprint density at radius 2 is 0.500 bits per heavy atom. The fourth-order valence-electron chi connectivity index (χ4n) is 9.61. The molecule has 1 atom stereocenters. The predicted molar refractivity (Wildman–Crippen MR) is 321 cm³/mol. The van der Waals surface area contributed by atoms with Crippen molar-refractivity contribution in [2.45, 2.75) is 354 Å². The van der Waals surface area contributed by atoms with Gasteiger partial charge in [0.15, 0.2) is 6.10 Å². The number of unbranched alkanes of at least 4 members (excludes halogenated alkanes) is 41. The second kappa shape index (κ2) is 62.9. The quantitative estimate of drug-likeness (QED) is 0.0261. The van der Waals surface area contributed by atoms with Gasteiger partial charge in [-0.2, -0.15) is 0 Å². The Bertz CT molecular complexity index is 1280. The molecule has 0 saturated heterocycles. The zero-order valence-corrected chi connectivity index (χ0v) is 49.6. The summed E-state index contributed by atoms with van der Waals surface area (Å²) in [4.78, 5) is 38.3. The molecule has 0 fully saturated rings. The molecule has 1 unspecified atom stereocenters. The molecule has 0 aliphatic rings. The zero-order chi connectivity index (χ0) is 53.6. The molecule has 0 aliphatic carbocycles. The summed E-state index contributed by atoms with van der Waals surface area (Å²) in [7, 11) is 0. The number of ether oxygens (including phenoxy) is 3. The van der Waals surface area contributed by atoms with Gasteiger partial charge in [0.2, 0.25) is 0 Å².